The van der Waals surface area contributed by atoms with Gasteiger partial charge in [0, 0.05) is 37.8 Å². The number of carbonyl (C=O) groups excluding carboxylic acids is 1. The van der Waals surface area contributed by atoms with E-state index >= 15 is 0 Å². The second kappa shape index (κ2) is 6.23. The Morgan fingerprint density at radius 2 is 1.84 bits per heavy atom. The molecule has 1 aliphatic carbocycles. The van der Waals surface area contributed by atoms with E-state index in [2.05, 4.69) is 37.9 Å². The van der Waals surface area contributed by atoms with Crippen LogP contribution in [0.1, 0.15) is 47.0 Å². The summed E-state index contributed by atoms with van der Waals surface area (Å²) in [7, 11) is 0. The Balaban J connectivity index is 1.77. The van der Waals surface area contributed by atoms with E-state index in [1.54, 1.807) is 0 Å². The maximum absolute atomic E-state index is 12.3. The quantitative estimate of drug-likeness (QED) is 0.758. The van der Waals surface area contributed by atoms with E-state index < -0.39 is 0 Å². The first kappa shape index (κ1) is 14.8. The lowest BCUT2D eigenvalue weighted by molar-refractivity contribution is -0.129. The Bertz CT molecular complexity index is 305. The maximum atomic E-state index is 12.3. The summed E-state index contributed by atoms with van der Waals surface area (Å²) in [4.78, 5) is 16.8. The summed E-state index contributed by atoms with van der Waals surface area (Å²) in [6, 6.07) is 1.80. The summed E-state index contributed by atoms with van der Waals surface area (Å²) in [5.74, 6) is 0.319. The van der Waals surface area contributed by atoms with Gasteiger partial charge < -0.3 is 10.2 Å². The number of hydrogen-bond donors (Lipinski definition) is 1. The van der Waals surface area contributed by atoms with Gasteiger partial charge in [-0.25, -0.2) is 0 Å². The van der Waals surface area contributed by atoms with Crippen molar-refractivity contribution >= 4 is 5.91 Å². The van der Waals surface area contributed by atoms with Crippen LogP contribution in [0, 0.1) is 0 Å². The Kier molecular flexibility index (Phi) is 4.85. The van der Waals surface area contributed by atoms with Gasteiger partial charge in [0.15, 0.2) is 0 Å². The molecule has 4 nitrogen and oxygen atoms in total. The number of nitrogens with one attached hydrogen (secondary N) is 1. The van der Waals surface area contributed by atoms with Crippen LogP contribution in [0.25, 0.3) is 0 Å². The molecule has 0 radical (unpaired) electrons. The monoisotopic (exact) mass is 267 g/mol. The lowest BCUT2D eigenvalue weighted by Crippen LogP contribution is -2.45. The molecule has 2 rings (SSSR count). The zero-order valence-corrected chi connectivity index (χ0v) is 12.9. The molecule has 0 aromatic heterocycles. The summed E-state index contributed by atoms with van der Waals surface area (Å²) in [5, 5.41) is 3.46. The van der Waals surface area contributed by atoms with E-state index in [4.69, 9.17) is 0 Å². The standard InChI is InChI=1S/C15H29N3O/c1-11(2)18(12(3)4)10-9-17-8-7-14(15(17)19)16-13-5-6-13/h11-14,16H,5-10H2,1-4H3. The SMILES string of the molecule is CC(C)N(CCN1CCC(NC2CC2)C1=O)C(C)C. The highest BCUT2D eigenvalue weighted by molar-refractivity contribution is 5.84. The molecule has 1 unspecified atom stereocenters. The largest absolute Gasteiger partial charge is 0.340 e. The molecule has 1 saturated heterocycles. The van der Waals surface area contributed by atoms with Crippen LogP contribution in [0.4, 0.5) is 0 Å². The van der Waals surface area contributed by atoms with Crippen LogP contribution >= 0.6 is 0 Å². The van der Waals surface area contributed by atoms with Gasteiger partial charge in [-0.15, -0.1) is 0 Å². The Hall–Kier alpha value is -0.610. The van der Waals surface area contributed by atoms with Crippen LogP contribution in [0.5, 0.6) is 0 Å². The third-order valence-corrected chi connectivity index (χ3v) is 4.27. The molecule has 1 heterocycles. The van der Waals surface area contributed by atoms with Gasteiger partial charge in [0.25, 0.3) is 0 Å². The number of hydrogen-bond acceptors (Lipinski definition) is 3. The number of amides is 1. The number of likely N-dealkylation sites (tertiary alicyclic amines) is 1. The Morgan fingerprint density at radius 1 is 1.21 bits per heavy atom. The van der Waals surface area contributed by atoms with Crippen LogP contribution in [0.3, 0.4) is 0 Å². The lowest BCUT2D eigenvalue weighted by Gasteiger charge is -2.32. The molecule has 0 bridgehead atoms. The van der Waals surface area contributed by atoms with Crippen LogP contribution in [0.2, 0.25) is 0 Å². The topological polar surface area (TPSA) is 35.6 Å². The van der Waals surface area contributed by atoms with Gasteiger partial charge in [-0.05, 0) is 47.0 Å². The second-order valence-electron chi connectivity index (χ2n) is 6.53. The third-order valence-electron chi connectivity index (χ3n) is 4.27. The van der Waals surface area contributed by atoms with E-state index in [0.29, 0.717) is 24.0 Å². The van der Waals surface area contributed by atoms with Crippen molar-refractivity contribution in [1.82, 2.24) is 15.1 Å². The molecule has 2 aliphatic rings. The van der Waals surface area contributed by atoms with E-state index in [9.17, 15) is 4.79 Å². The van der Waals surface area contributed by atoms with Crippen molar-refractivity contribution < 1.29 is 4.79 Å². The van der Waals surface area contributed by atoms with Crippen LogP contribution in [-0.4, -0.2) is 59.5 Å². The minimum absolute atomic E-state index is 0.0963. The van der Waals surface area contributed by atoms with Crippen molar-refractivity contribution in [3.63, 3.8) is 0 Å². The molecule has 19 heavy (non-hydrogen) atoms. The predicted octanol–water partition coefficient (Wildman–Crippen LogP) is 1.46. The van der Waals surface area contributed by atoms with Gasteiger partial charge in [-0.3, -0.25) is 9.69 Å². The van der Waals surface area contributed by atoms with Crippen molar-refractivity contribution in [3.8, 4) is 0 Å². The van der Waals surface area contributed by atoms with E-state index in [1.165, 1.54) is 12.8 Å². The van der Waals surface area contributed by atoms with Crippen molar-refractivity contribution in [2.45, 2.75) is 71.1 Å². The van der Waals surface area contributed by atoms with Crippen LogP contribution in [0.15, 0.2) is 0 Å². The Morgan fingerprint density at radius 3 is 2.37 bits per heavy atom. The highest BCUT2D eigenvalue weighted by atomic mass is 16.2. The summed E-state index contributed by atoms with van der Waals surface area (Å²) in [5.41, 5.74) is 0. The number of rotatable bonds is 7. The zero-order valence-electron chi connectivity index (χ0n) is 12.9. The van der Waals surface area contributed by atoms with E-state index in [0.717, 1.165) is 26.1 Å². The molecular weight excluding hydrogens is 238 g/mol. The molecule has 1 saturated carbocycles. The van der Waals surface area contributed by atoms with Crippen LogP contribution < -0.4 is 5.32 Å². The second-order valence-corrected chi connectivity index (χ2v) is 6.53. The fourth-order valence-electron chi connectivity index (χ4n) is 3.00. The molecule has 1 amide bonds. The zero-order chi connectivity index (χ0) is 14.0. The maximum Gasteiger partial charge on any atom is 0.239 e. The number of nitrogens with zero attached hydrogens (tertiary/aromatic N) is 2. The summed E-state index contributed by atoms with van der Waals surface area (Å²) in [6.45, 7) is 11.7. The molecule has 0 spiro atoms. The van der Waals surface area contributed by atoms with Crippen molar-refractivity contribution in [2.75, 3.05) is 19.6 Å². The molecule has 1 aliphatic heterocycles. The highest BCUT2D eigenvalue weighted by Crippen LogP contribution is 2.22. The van der Waals surface area contributed by atoms with Crippen LogP contribution in [-0.2, 0) is 4.79 Å². The minimum Gasteiger partial charge on any atom is -0.340 e. The highest BCUT2D eigenvalue weighted by Gasteiger charge is 2.35. The van der Waals surface area contributed by atoms with Crippen molar-refractivity contribution in [1.29, 1.82) is 0 Å². The molecule has 1 N–H and O–H groups in total. The normalized spacial score (nSPS) is 24.3. The fraction of sp³-hybridized carbons (Fsp3) is 0.933. The molecule has 110 valence electrons. The van der Waals surface area contributed by atoms with E-state index in [1.807, 2.05) is 4.90 Å². The van der Waals surface area contributed by atoms with Gasteiger partial charge in [-0.1, -0.05) is 0 Å². The molecule has 0 aromatic carbocycles. The molecular formula is C15H29N3O. The third kappa shape index (κ3) is 3.93. The van der Waals surface area contributed by atoms with Crippen molar-refractivity contribution in [3.05, 3.63) is 0 Å². The van der Waals surface area contributed by atoms with Gasteiger partial charge in [-0.2, -0.15) is 0 Å². The summed E-state index contributed by atoms with van der Waals surface area (Å²) >= 11 is 0. The van der Waals surface area contributed by atoms with Gasteiger partial charge in [0.05, 0.1) is 6.04 Å². The van der Waals surface area contributed by atoms with Crippen molar-refractivity contribution in [2.24, 2.45) is 0 Å². The molecule has 0 aromatic rings. The minimum atomic E-state index is 0.0963. The average Bonchev–Trinajstić information content (AvgIpc) is 3.07. The van der Waals surface area contributed by atoms with Gasteiger partial charge >= 0.3 is 0 Å². The Labute approximate surface area is 117 Å². The fourth-order valence-corrected chi connectivity index (χ4v) is 3.00. The molecule has 4 heteroatoms. The lowest BCUT2D eigenvalue weighted by atomic mass is 10.2. The smallest absolute Gasteiger partial charge is 0.239 e. The summed E-state index contributed by atoms with van der Waals surface area (Å²) in [6.07, 6.45) is 3.48. The van der Waals surface area contributed by atoms with Gasteiger partial charge in [0.1, 0.15) is 0 Å². The number of carbonyl (C=O) groups is 1. The van der Waals surface area contributed by atoms with Gasteiger partial charge in [0.2, 0.25) is 5.91 Å². The summed E-state index contributed by atoms with van der Waals surface area (Å²) < 4.78 is 0. The van der Waals surface area contributed by atoms with E-state index in [-0.39, 0.29) is 6.04 Å². The predicted molar refractivity (Wildman–Crippen MR) is 78.1 cm³/mol. The average molecular weight is 267 g/mol. The molecule has 1 atom stereocenters. The first-order chi connectivity index (χ1) is 8.99. The molecule has 2 fully saturated rings. The first-order valence-corrected chi connectivity index (χ1v) is 7.79. The first-order valence-electron chi connectivity index (χ1n) is 7.79.